The number of nitrogens with zero attached hydrogens (tertiary/aromatic N) is 3. The lowest BCUT2D eigenvalue weighted by Crippen LogP contribution is -2.41. The molecule has 1 unspecified atom stereocenters. The zero-order chi connectivity index (χ0) is 18.3. The average Bonchev–Trinajstić information content (AvgIpc) is 2.99. The second-order valence-electron chi connectivity index (χ2n) is 5.67. The third-order valence-electron chi connectivity index (χ3n) is 3.86. The second-order valence-corrected chi connectivity index (χ2v) is 8.03. The number of halogens is 1. The van der Waals surface area contributed by atoms with Crippen LogP contribution in [0.15, 0.2) is 41.4 Å². The van der Waals surface area contributed by atoms with E-state index < -0.39 is 11.2 Å². The third kappa shape index (κ3) is 3.15. The van der Waals surface area contributed by atoms with E-state index in [2.05, 4.69) is 9.97 Å². The molecule has 1 amide bonds. The molecule has 0 saturated carbocycles. The first-order chi connectivity index (χ1) is 12.5. The number of pyridine rings is 1. The van der Waals surface area contributed by atoms with Crippen molar-refractivity contribution in [3.63, 3.8) is 0 Å². The summed E-state index contributed by atoms with van der Waals surface area (Å²) in [5, 5.41) is 9.01. The molecule has 1 aliphatic rings. The third-order valence-corrected chi connectivity index (χ3v) is 6.11. The molecule has 3 heterocycles. The summed E-state index contributed by atoms with van der Waals surface area (Å²) in [5.41, 5.74) is 0.534. The summed E-state index contributed by atoms with van der Waals surface area (Å²) in [6, 6.07) is 7.93. The highest BCUT2D eigenvalue weighted by Crippen LogP contribution is 2.40. The number of carbonyl (C=O) groups is 2. The van der Waals surface area contributed by atoms with Gasteiger partial charge in [-0.1, -0.05) is 0 Å². The van der Waals surface area contributed by atoms with Crippen LogP contribution >= 0.6 is 23.1 Å². The number of thiazole rings is 1. The van der Waals surface area contributed by atoms with E-state index >= 15 is 0 Å². The van der Waals surface area contributed by atoms with Gasteiger partial charge in [-0.2, -0.15) is 0 Å². The van der Waals surface area contributed by atoms with Gasteiger partial charge in [-0.25, -0.2) is 14.4 Å². The van der Waals surface area contributed by atoms with Crippen molar-refractivity contribution in [1.29, 1.82) is 0 Å². The summed E-state index contributed by atoms with van der Waals surface area (Å²) in [5.74, 6) is -1.21. The zero-order valence-electron chi connectivity index (χ0n) is 13.3. The summed E-state index contributed by atoms with van der Waals surface area (Å²) < 4.78 is 14.2. The van der Waals surface area contributed by atoms with Crippen molar-refractivity contribution < 1.29 is 19.1 Å². The summed E-state index contributed by atoms with van der Waals surface area (Å²) in [4.78, 5) is 34.8. The van der Waals surface area contributed by atoms with Crippen molar-refractivity contribution in [2.24, 2.45) is 0 Å². The molecule has 132 valence electrons. The maximum absolute atomic E-state index is 13.4. The van der Waals surface area contributed by atoms with E-state index in [1.165, 1.54) is 40.1 Å². The Hall–Kier alpha value is -2.52. The molecule has 0 spiro atoms. The predicted octanol–water partition coefficient (Wildman–Crippen LogP) is 3.31. The fourth-order valence-corrected chi connectivity index (χ4v) is 4.87. The number of carboxylic acid groups (broad SMARTS) is 1. The van der Waals surface area contributed by atoms with Crippen LogP contribution in [-0.4, -0.2) is 32.2 Å². The van der Waals surface area contributed by atoms with Crippen molar-refractivity contribution in [3.05, 3.63) is 47.4 Å². The molecule has 0 saturated heterocycles. The minimum absolute atomic E-state index is 0.167. The molecule has 0 fully saturated rings. The number of hydrogen-bond donors (Lipinski definition) is 1. The Balaban J connectivity index is 1.70. The van der Waals surface area contributed by atoms with Gasteiger partial charge < -0.3 is 5.11 Å². The molecule has 1 aliphatic heterocycles. The molecule has 6 nitrogen and oxygen atoms in total. The quantitative estimate of drug-likeness (QED) is 0.737. The van der Waals surface area contributed by atoms with Gasteiger partial charge >= 0.3 is 5.97 Å². The smallest absolute Gasteiger partial charge is 0.305 e. The van der Waals surface area contributed by atoms with Gasteiger partial charge in [0.05, 0.1) is 33.3 Å². The Morgan fingerprint density at radius 2 is 2.19 bits per heavy atom. The van der Waals surface area contributed by atoms with E-state index in [-0.39, 0.29) is 24.7 Å². The lowest BCUT2D eigenvalue weighted by Gasteiger charge is -2.31. The largest absolute Gasteiger partial charge is 0.481 e. The molecule has 1 aromatic carbocycles. The Morgan fingerprint density at radius 3 is 3.00 bits per heavy atom. The van der Waals surface area contributed by atoms with Gasteiger partial charge in [0, 0.05) is 12.3 Å². The first-order valence-electron chi connectivity index (χ1n) is 7.71. The number of aliphatic carboxylic acids is 1. The van der Waals surface area contributed by atoms with Crippen LogP contribution in [0.25, 0.3) is 10.2 Å². The fourth-order valence-electron chi connectivity index (χ4n) is 2.75. The lowest BCUT2D eigenvalue weighted by molar-refractivity contribution is -0.138. The van der Waals surface area contributed by atoms with Crippen molar-refractivity contribution in [3.8, 4) is 0 Å². The van der Waals surface area contributed by atoms with Crippen molar-refractivity contribution >= 4 is 51.0 Å². The van der Waals surface area contributed by atoms with Crippen LogP contribution in [0.4, 0.5) is 10.2 Å². The van der Waals surface area contributed by atoms with Gasteiger partial charge in [-0.05, 0) is 24.3 Å². The molecule has 26 heavy (non-hydrogen) atoms. The van der Waals surface area contributed by atoms with Crippen LogP contribution in [0, 0.1) is 5.82 Å². The molecule has 0 aliphatic carbocycles. The molecule has 4 rings (SSSR count). The number of hydrogen-bond acceptors (Lipinski definition) is 6. The number of fused-ring (bicyclic) bond motifs is 2. The molecular formula is C17H12FN3O3S2. The van der Waals surface area contributed by atoms with E-state index in [0.717, 1.165) is 9.60 Å². The Morgan fingerprint density at radius 1 is 1.35 bits per heavy atom. The van der Waals surface area contributed by atoms with E-state index in [1.807, 2.05) is 6.07 Å². The number of carboxylic acids is 1. The Labute approximate surface area is 155 Å². The number of rotatable bonds is 4. The standard InChI is InChI=1S/C17H12FN3O3S2/c18-9-3-4-11-10(6-9)20-14(26-11)8-21-16-12(2-1-5-19-16)25-13(17(21)24)7-15(22)23/h1-6,13H,7-8H2,(H,22,23). The number of thioether (sulfide) groups is 1. The number of aromatic nitrogens is 2. The van der Waals surface area contributed by atoms with Crippen molar-refractivity contribution in [2.45, 2.75) is 23.1 Å². The van der Waals surface area contributed by atoms with E-state index in [4.69, 9.17) is 5.11 Å². The molecule has 3 aromatic rings. The highest BCUT2D eigenvalue weighted by molar-refractivity contribution is 8.01. The van der Waals surface area contributed by atoms with Crippen LogP contribution in [0.1, 0.15) is 11.4 Å². The fraction of sp³-hybridized carbons (Fsp3) is 0.176. The number of anilines is 1. The second kappa shape index (κ2) is 6.65. The maximum atomic E-state index is 13.4. The summed E-state index contributed by atoms with van der Waals surface area (Å²) in [6.07, 6.45) is 1.32. The average molecular weight is 389 g/mol. The Kier molecular flexibility index (Phi) is 4.33. The minimum atomic E-state index is -1.03. The highest BCUT2D eigenvalue weighted by atomic mass is 32.2. The van der Waals surface area contributed by atoms with Gasteiger partial charge in [0.1, 0.15) is 16.6 Å². The van der Waals surface area contributed by atoms with Crippen molar-refractivity contribution in [2.75, 3.05) is 4.90 Å². The molecule has 9 heteroatoms. The number of benzene rings is 1. The van der Waals surface area contributed by atoms with Gasteiger partial charge in [0.2, 0.25) is 5.91 Å². The van der Waals surface area contributed by atoms with Crippen LogP contribution < -0.4 is 4.90 Å². The first kappa shape index (κ1) is 16.9. The molecular weight excluding hydrogens is 377 g/mol. The van der Waals surface area contributed by atoms with Crippen LogP contribution in [-0.2, 0) is 16.1 Å². The van der Waals surface area contributed by atoms with E-state index in [9.17, 15) is 14.0 Å². The highest BCUT2D eigenvalue weighted by Gasteiger charge is 2.36. The summed E-state index contributed by atoms with van der Waals surface area (Å²) >= 11 is 2.58. The Bertz CT molecular complexity index is 1020. The molecule has 0 radical (unpaired) electrons. The van der Waals surface area contributed by atoms with E-state index in [1.54, 1.807) is 18.3 Å². The van der Waals surface area contributed by atoms with Gasteiger partial charge in [0.25, 0.3) is 0 Å². The number of carbonyl (C=O) groups excluding carboxylic acids is 1. The van der Waals surface area contributed by atoms with Gasteiger partial charge in [-0.3, -0.25) is 14.5 Å². The van der Waals surface area contributed by atoms with Gasteiger partial charge in [0.15, 0.2) is 0 Å². The van der Waals surface area contributed by atoms with Crippen LogP contribution in [0.2, 0.25) is 0 Å². The molecule has 1 atom stereocenters. The SMILES string of the molecule is O=C(O)CC1Sc2cccnc2N(Cc2nc3cc(F)ccc3s2)C1=O. The summed E-state index contributed by atoms with van der Waals surface area (Å²) in [7, 11) is 0. The predicted molar refractivity (Wildman–Crippen MR) is 96.9 cm³/mol. The first-order valence-corrected chi connectivity index (χ1v) is 9.40. The van der Waals surface area contributed by atoms with Gasteiger partial charge in [-0.15, -0.1) is 23.1 Å². The molecule has 1 N–H and O–H groups in total. The molecule has 2 aromatic heterocycles. The van der Waals surface area contributed by atoms with Crippen LogP contribution in [0.5, 0.6) is 0 Å². The molecule has 0 bridgehead atoms. The topological polar surface area (TPSA) is 83.4 Å². The van der Waals surface area contributed by atoms with Crippen molar-refractivity contribution in [1.82, 2.24) is 9.97 Å². The zero-order valence-corrected chi connectivity index (χ0v) is 14.9. The monoisotopic (exact) mass is 389 g/mol. The normalized spacial score (nSPS) is 16.7. The number of amides is 1. The van der Waals surface area contributed by atoms with E-state index in [0.29, 0.717) is 16.3 Å². The lowest BCUT2D eigenvalue weighted by atomic mass is 10.2. The van der Waals surface area contributed by atoms with Crippen LogP contribution in [0.3, 0.4) is 0 Å². The minimum Gasteiger partial charge on any atom is -0.481 e. The summed E-state index contributed by atoms with van der Waals surface area (Å²) in [6.45, 7) is 0.167. The maximum Gasteiger partial charge on any atom is 0.305 e.